The fraction of sp³-hybridized carbons (Fsp3) is 0.286. The summed E-state index contributed by atoms with van der Waals surface area (Å²) in [6, 6.07) is 8.15. The van der Waals surface area contributed by atoms with Crippen molar-refractivity contribution < 1.29 is 9.47 Å². The molecule has 1 aromatic carbocycles. The predicted octanol–water partition coefficient (Wildman–Crippen LogP) is 5.97. The van der Waals surface area contributed by atoms with Crippen LogP contribution in [0.3, 0.4) is 0 Å². The molecule has 0 fully saturated rings. The Morgan fingerprint density at radius 3 is 2.35 bits per heavy atom. The molecule has 1 aromatic heterocycles. The maximum atomic E-state index is 5.33. The van der Waals surface area contributed by atoms with Gasteiger partial charge in [0.05, 0.1) is 22.8 Å². The fourth-order valence-corrected chi connectivity index (χ4v) is 4.69. The Kier molecular flexibility index (Phi) is 5.95. The highest BCUT2D eigenvalue weighted by atomic mass is 79.9. The Hall–Kier alpha value is -0.0400. The van der Waals surface area contributed by atoms with E-state index in [1.54, 1.807) is 25.6 Å². The average Bonchev–Trinajstić information content (AvgIpc) is 2.78. The van der Waals surface area contributed by atoms with E-state index < -0.39 is 0 Å². The molecule has 0 aliphatic heterocycles. The summed E-state index contributed by atoms with van der Waals surface area (Å²) in [4.78, 5) is 1.55. The van der Waals surface area contributed by atoms with Crippen LogP contribution in [0, 0.1) is 0 Å². The van der Waals surface area contributed by atoms with Crippen LogP contribution in [0.15, 0.2) is 32.5 Å². The van der Waals surface area contributed by atoms with Crippen LogP contribution in [-0.4, -0.2) is 14.2 Å². The number of ether oxygens (including phenoxy) is 2. The van der Waals surface area contributed by atoms with E-state index >= 15 is 0 Å². The molecule has 1 heterocycles. The van der Waals surface area contributed by atoms with Crippen LogP contribution < -0.4 is 9.47 Å². The van der Waals surface area contributed by atoms with Gasteiger partial charge in [-0.2, -0.15) is 0 Å². The Balaban J connectivity index is 2.17. The number of benzene rings is 1. The lowest BCUT2D eigenvalue weighted by atomic mass is 10.1. The molecule has 0 radical (unpaired) electrons. The molecule has 1 atom stereocenters. The number of hydrogen-bond acceptors (Lipinski definition) is 3. The second-order valence-corrected chi connectivity index (χ2v) is 8.49. The SMILES string of the molecule is COc1ccc(CC(Br)c2cc(Br)c(Br)s2)cc1OC. The molecule has 6 heteroatoms. The van der Waals surface area contributed by atoms with Gasteiger partial charge in [0, 0.05) is 9.35 Å². The quantitative estimate of drug-likeness (QED) is 0.487. The standard InChI is InChI=1S/C14H13Br3O2S/c1-18-11-4-3-8(6-12(11)19-2)5-9(15)13-7-10(16)14(17)20-13/h3-4,6-7,9H,5H2,1-2H3. The zero-order valence-electron chi connectivity index (χ0n) is 11.0. The summed E-state index contributed by atoms with van der Waals surface area (Å²) >= 11 is 12.5. The summed E-state index contributed by atoms with van der Waals surface area (Å²) in [6.45, 7) is 0. The minimum Gasteiger partial charge on any atom is -0.493 e. The van der Waals surface area contributed by atoms with E-state index in [2.05, 4.69) is 59.9 Å². The van der Waals surface area contributed by atoms with Crippen LogP contribution in [-0.2, 0) is 6.42 Å². The van der Waals surface area contributed by atoms with Crippen LogP contribution in [0.2, 0.25) is 0 Å². The number of thiophene rings is 1. The average molecular weight is 485 g/mol. The number of alkyl halides is 1. The van der Waals surface area contributed by atoms with Crippen molar-refractivity contribution in [1.29, 1.82) is 0 Å². The molecule has 0 saturated heterocycles. The zero-order chi connectivity index (χ0) is 14.7. The number of rotatable bonds is 5. The summed E-state index contributed by atoms with van der Waals surface area (Å²) in [5.74, 6) is 1.52. The number of halogens is 3. The molecule has 0 aliphatic carbocycles. The first kappa shape index (κ1) is 16.3. The maximum absolute atomic E-state index is 5.33. The first-order chi connectivity index (χ1) is 9.55. The molecule has 20 heavy (non-hydrogen) atoms. The van der Waals surface area contributed by atoms with Crippen LogP contribution in [0.1, 0.15) is 15.3 Å². The van der Waals surface area contributed by atoms with Gasteiger partial charge in [0.15, 0.2) is 11.5 Å². The van der Waals surface area contributed by atoms with E-state index in [0.29, 0.717) is 0 Å². The van der Waals surface area contributed by atoms with Crippen molar-refractivity contribution in [2.45, 2.75) is 11.2 Å². The van der Waals surface area contributed by atoms with Gasteiger partial charge in [-0.15, -0.1) is 11.3 Å². The summed E-state index contributed by atoms with van der Waals surface area (Å²) in [6.07, 6.45) is 0.889. The van der Waals surface area contributed by atoms with Gasteiger partial charge in [-0.25, -0.2) is 0 Å². The largest absolute Gasteiger partial charge is 0.493 e. The molecule has 0 bridgehead atoms. The lowest BCUT2D eigenvalue weighted by molar-refractivity contribution is 0.354. The van der Waals surface area contributed by atoms with Gasteiger partial charge in [0.2, 0.25) is 0 Å². The van der Waals surface area contributed by atoms with Crippen LogP contribution in [0.4, 0.5) is 0 Å². The van der Waals surface area contributed by atoms with Crippen LogP contribution in [0.5, 0.6) is 11.5 Å². The van der Waals surface area contributed by atoms with Crippen LogP contribution >= 0.6 is 59.1 Å². The van der Waals surface area contributed by atoms with E-state index in [-0.39, 0.29) is 4.83 Å². The summed E-state index contributed by atoms with van der Waals surface area (Å²) in [5.41, 5.74) is 1.20. The van der Waals surface area contributed by atoms with E-state index in [9.17, 15) is 0 Å². The molecule has 108 valence electrons. The number of hydrogen-bond donors (Lipinski definition) is 0. The van der Waals surface area contributed by atoms with Crippen molar-refractivity contribution in [3.63, 3.8) is 0 Å². The third-order valence-corrected chi connectivity index (χ3v) is 7.33. The molecule has 0 amide bonds. The maximum Gasteiger partial charge on any atom is 0.160 e. The Labute approximate surface area is 147 Å². The molecule has 2 nitrogen and oxygen atoms in total. The summed E-state index contributed by atoms with van der Waals surface area (Å²) in [7, 11) is 3.30. The summed E-state index contributed by atoms with van der Waals surface area (Å²) in [5, 5.41) is 0. The molecule has 2 rings (SSSR count). The first-order valence-electron chi connectivity index (χ1n) is 5.85. The molecule has 1 unspecified atom stereocenters. The van der Waals surface area contributed by atoms with E-state index in [0.717, 1.165) is 26.2 Å². The van der Waals surface area contributed by atoms with E-state index in [4.69, 9.17) is 9.47 Å². The highest BCUT2D eigenvalue weighted by Gasteiger charge is 2.15. The fourth-order valence-electron chi connectivity index (χ4n) is 1.83. The van der Waals surface area contributed by atoms with Gasteiger partial charge < -0.3 is 9.47 Å². The van der Waals surface area contributed by atoms with Gasteiger partial charge in [-0.3, -0.25) is 0 Å². The zero-order valence-corrected chi connectivity index (χ0v) is 16.5. The third kappa shape index (κ3) is 3.78. The van der Waals surface area contributed by atoms with Gasteiger partial charge >= 0.3 is 0 Å². The van der Waals surface area contributed by atoms with Gasteiger partial charge in [-0.05, 0) is 62.0 Å². The molecular weight excluding hydrogens is 472 g/mol. The number of methoxy groups -OCH3 is 2. The van der Waals surface area contributed by atoms with Crippen molar-refractivity contribution in [1.82, 2.24) is 0 Å². The molecular formula is C14H13Br3O2S. The van der Waals surface area contributed by atoms with Crippen molar-refractivity contribution in [2.24, 2.45) is 0 Å². The van der Waals surface area contributed by atoms with Crippen molar-refractivity contribution in [3.05, 3.63) is 43.0 Å². The highest BCUT2D eigenvalue weighted by molar-refractivity contribution is 9.13. The van der Waals surface area contributed by atoms with Gasteiger partial charge in [0.25, 0.3) is 0 Å². The molecule has 0 N–H and O–H groups in total. The molecule has 0 spiro atoms. The molecule has 2 aromatic rings. The Morgan fingerprint density at radius 2 is 1.80 bits per heavy atom. The first-order valence-corrected chi connectivity index (χ1v) is 9.16. The lowest BCUT2D eigenvalue weighted by Crippen LogP contribution is -1.96. The van der Waals surface area contributed by atoms with E-state index in [1.165, 1.54) is 10.4 Å². The second-order valence-electron chi connectivity index (χ2n) is 4.13. The van der Waals surface area contributed by atoms with E-state index in [1.807, 2.05) is 12.1 Å². The third-order valence-electron chi connectivity index (χ3n) is 2.84. The van der Waals surface area contributed by atoms with Gasteiger partial charge in [-0.1, -0.05) is 22.0 Å². The summed E-state index contributed by atoms with van der Waals surface area (Å²) < 4.78 is 12.8. The smallest absolute Gasteiger partial charge is 0.160 e. The normalized spacial score (nSPS) is 12.2. The Morgan fingerprint density at radius 1 is 1.10 bits per heavy atom. The van der Waals surface area contributed by atoms with Gasteiger partial charge in [0.1, 0.15) is 0 Å². The van der Waals surface area contributed by atoms with Crippen molar-refractivity contribution in [2.75, 3.05) is 14.2 Å². The molecule has 0 aliphatic rings. The topological polar surface area (TPSA) is 18.5 Å². The Bertz CT molecular complexity index is 579. The lowest BCUT2D eigenvalue weighted by Gasteiger charge is -2.11. The predicted molar refractivity (Wildman–Crippen MR) is 94.6 cm³/mol. The monoisotopic (exact) mass is 482 g/mol. The minimum absolute atomic E-state index is 0.271. The van der Waals surface area contributed by atoms with Crippen molar-refractivity contribution >= 4 is 59.1 Å². The second kappa shape index (κ2) is 7.29. The minimum atomic E-state index is 0.271. The van der Waals surface area contributed by atoms with Crippen molar-refractivity contribution in [3.8, 4) is 11.5 Å². The molecule has 0 saturated carbocycles. The van der Waals surface area contributed by atoms with Crippen LogP contribution in [0.25, 0.3) is 0 Å². The highest BCUT2D eigenvalue weighted by Crippen LogP contribution is 2.40.